The molecule has 98 valence electrons. The second-order valence-corrected chi connectivity index (χ2v) is 5.16. The Morgan fingerprint density at radius 1 is 1.67 bits per heavy atom. The minimum Gasteiger partial charge on any atom is -0.361 e. The normalized spacial score (nSPS) is 11.7. The van der Waals surface area contributed by atoms with Gasteiger partial charge in [0.15, 0.2) is 10.3 Å². The molecule has 0 bridgehead atoms. The number of carbonyl (C=O) groups excluding carboxylic acids is 1. The van der Waals surface area contributed by atoms with E-state index in [1.807, 2.05) is 19.9 Å². The van der Waals surface area contributed by atoms with Gasteiger partial charge in [-0.2, -0.15) is 5.26 Å². The molecule has 0 fully saturated rings. The fraction of sp³-hybridized carbons (Fsp3) is 0.545. The smallest absolute Gasteiger partial charge is 0.221 e. The van der Waals surface area contributed by atoms with Crippen LogP contribution in [-0.4, -0.2) is 23.5 Å². The first-order valence-electron chi connectivity index (χ1n) is 5.66. The summed E-state index contributed by atoms with van der Waals surface area (Å²) in [5.41, 5.74) is 0. The zero-order valence-electron chi connectivity index (χ0n) is 10.3. The highest BCUT2D eigenvalue weighted by atomic mass is 35.5. The quantitative estimate of drug-likeness (QED) is 0.842. The first-order chi connectivity index (χ1) is 8.56. The first-order valence-corrected chi connectivity index (χ1v) is 6.86. The van der Waals surface area contributed by atoms with Crippen molar-refractivity contribution in [2.45, 2.75) is 32.7 Å². The van der Waals surface area contributed by atoms with E-state index in [9.17, 15) is 4.79 Å². The fourth-order valence-corrected chi connectivity index (χ4v) is 2.15. The number of hydrogen-bond donors (Lipinski definition) is 2. The van der Waals surface area contributed by atoms with Crippen molar-refractivity contribution in [3.8, 4) is 6.07 Å². The number of nitrogens with zero attached hydrogens (tertiary/aromatic N) is 2. The average Bonchev–Trinajstić information content (AvgIpc) is 2.69. The van der Waals surface area contributed by atoms with E-state index in [0.29, 0.717) is 23.0 Å². The van der Waals surface area contributed by atoms with Crippen molar-refractivity contribution in [2.75, 3.05) is 11.9 Å². The second kappa shape index (κ2) is 7.19. The molecule has 1 unspecified atom stereocenters. The van der Waals surface area contributed by atoms with Gasteiger partial charge in [-0.3, -0.25) is 4.79 Å². The molecule has 5 nitrogen and oxygen atoms in total. The molecule has 0 aliphatic heterocycles. The molecular formula is C11H15ClN4OS. The van der Waals surface area contributed by atoms with Crippen LogP contribution in [0.4, 0.5) is 5.13 Å². The van der Waals surface area contributed by atoms with Crippen molar-refractivity contribution < 1.29 is 4.79 Å². The molecule has 1 atom stereocenters. The molecule has 1 aromatic heterocycles. The standard InChI is InChI=1S/C11H15ClN4OS/c1-3-7(2)15-9(17)4-5-14-11-16-10(12)8(6-13)18-11/h7H,3-5H2,1-2H3,(H,14,16)(H,15,17). The lowest BCUT2D eigenvalue weighted by atomic mass is 10.2. The van der Waals surface area contributed by atoms with Crippen LogP contribution in [0.5, 0.6) is 0 Å². The summed E-state index contributed by atoms with van der Waals surface area (Å²) in [6.45, 7) is 4.45. The second-order valence-electron chi connectivity index (χ2n) is 3.80. The highest BCUT2D eigenvalue weighted by molar-refractivity contribution is 7.16. The van der Waals surface area contributed by atoms with Crippen molar-refractivity contribution in [3.05, 3.63) is 10.0 Å². The number of thiazole rings is 1. The third-order valence-electron chi connectivity index (χ3n) is 2.34. The van der Waals surface area contributed by atoms with Crippen LogP contribution < -0.4 is 10.6 Å². The minimum atomic E-state index is 0.00000900. The Kier molecular flexibility index (Phi) is 5.89. The van der Waals surface area contributed by atoms with Crippen LogP contribution in [0, 0.1) is 11.3 Å². The summed E-state index contributed by atoms with van der Waals surface area (Å²) in [4.78, 5) is 15.8. The molecule has 1 amide bonds. The molecule has 0 radical (unpaired) electrons. The number of nitrogens with one attached hydrogen (secondary N) is 2. The van der Waals surface area contributed by atoms with E-state index in [4.69, 9.17) is 16.9 Å². The lowest BCUT2D eigenvalue weighted by Gasteiger charge is -2.11. The number of hydrogen-bond acceptors (Lipinski definition) is 5. The van der Waals surface area contributed by atoms with Gasteiger partial charge in [0.2, 0.25) is 5.91 Å². The zero-order valence-corrected chi connectivity index (χ0v) is 11.9. The summed E-state index contributed by atoms with van der Waals surface area (Å²) in [7, 11) is 0. The van der Waals surface area contributed by atoms with E-state index in [2.05, 4.69) is 15.6 Å². The van der Waals surface area contributed by atoms with Gasteiger partial charge in [-0.15, -0.1) is 0 Å². The highest BCUT2D eigenvalue weighted by Gasteiger charge is 2.09. The van der Waals surface area contributed by atoms with Crippen molar-refractivity contribution in [1.82, 2.24) is 10.3 Å². The number of nitriles is 1. The van der Waals surface area contributed by atoms with Gasteiger partial charge in [0.25, 0.3) is 0 Å². The van der Waals surface area contributed by atoms with Crippen LogP contribution in [0.15, 0.2) is 0 Å². The number of aromatic nitrogens is 1. The predicted octanol–water partition coefficient (Wildman–Crippen LogP) is 2.38. The Balaban J connectivity index is 2.33. The van der Waals surface area contributed by atoms with Crippen LogP contribution in [0.2, 0.25) is 5.15 Å². The summed E-state index contributed by atoms with van der Waals surface area (Å²) < 4.78 is 0. The molecule has 0 spiro atoms. The van der Waals surface area contributed by atoms with Gasteiger partial charge in [-0.25, -0.2) is 4.98 Å². The van der Waals surface area contributed by atoms with Crippen molar-refractivity contribution >= 4 is 34.0 Å². The van der Waals surface area contributed by atoms with Crippen molar-refractivity contribution in [3.63, 3.8) is 0 Å². The van der Waals surface area contributed by atoms with Crippen molar-refractivity contribution in [1.29, 1.82) is 5.26 Å². The monoisotopic (exact) mass is 286 g/mol. The maximum atomic E-state index is 11.5. The predicted molar refractivity (Wildman–Crippen MR) is 72.8 cm³/mol. The third-order valence-corrected chi connectivity index (χ3v) is 3.64. The van der Waals surface area contributed by atoms with E-state index in [0.717, 1.165) is 6.42 Å². The van der Waals surface area contributed by atoms with Crippen LogP contribution in [0.3, 0.4) is 0 Å². The van der Waals surface area contributed by atoms with Crippen molar-refractivity contribution in [2.24, 2.45) is 0 Å². The van der Waals surface area contributed by atoms with Gasteiger partial charge < -0.3 is 10.6 Å². The third kappa shape index (κ3) is 4.51. The Bertz CT molecular complexity index is 454. The summed E-state index contributed by atoms with van der Waals surface area (Å²) >= 11 is 6.91. The molecule has 0 saturated carbocycles. The van der Waals surface area contributed by atoms with E-state index in [-0.39, 0.29) is 17.1 Å². The van der Waals surface area contributed by atoms with Gasteiger partial charge >= 0.3 is 0 Å². The van der Waals surface area contributed by atoms with E-state index < -0.39 is 0 Å². The molecule has 1 heterocycles. The lowest BCUT2D eigenvalue weighted by molar-refractivity contribution is -0.121. The number of halogens is 1. The van der Waals surface area contributed by atoms with Crippen LogP contribution in [-0.2, 0) is 4.79 Å². The molecule has 2 N–H and O–H groups in total. The molecule has 18 heavy (non-hydrogen) atoms. The van der Waals surface area contributed by atoms with Crippen LogP contribution >= 0.6 is 22.9 Å². The Morgan fingerprint density at radius 3 is 2.94 bits per heavy atom. The fourth-order valence-electron chi connectivity index (χ4n) is 1.18. The van der Waals surface area contributed by atoms with Gasteiger partial charge in [0, 0.05) is 19.0 Å². The summed E-state index contributed by atoms with van der Waals surface area (Å²) in [6, 6.07) is 2.14. The first kappa shape index (κ1) is 14.7. The molecule has 1 rings (SSSR count). The largest absolute Gasteiger partial charge is 0.361 e. The summed E-state index contributed by atoms with van der Waals surface area (Å²) in [6.07, 6.45) is 1.27. The van der Waals surface area contributed by atoms with E-state index >= 15 is 0 Å². The Morgan fingerprint density at radius 2 is 2.39 bits per heavy atom. The number of rotatable bonds is 6. The number of carbonyl (C=O) groups is 1. The molecular weight excluding hydrogens is 272 g/mol. The SMILES string of the molecule is CCC(C)NC(=O)CCNc1nc(Cl)c(C#N)s1. The minimum absolute atomic E-state index is 0.00000900. The average molecular weight is 287 g/mol. The maximum Gasteiger partial charge on any atom is 0.221 e. The van der Waals surface area contributed by atoms with E-state index in [1.54, 1.807) is 0 Å². The number of anilines is 1. The molecule has 7 heteroatoms. The summed E-state index contributed by atoms with van der Waals surface area (Å²) in [5.74, 6) is 0.00000900. The van der Waals surface area contributed by atoms with Gasteiger partial charge in [-0.05, 0) is 13.3 Å². The Hall–Kier alpha value is -1.32. The highest BCUT2D eigenvalue weighted by Crippen LogP contribution is 2.25. The molecule has 0 saturated heterocycles. The van der Waals surface area contributed by atoms with Crippen LogP contribution in [0.1, 0.15) is 31.6 Å². The number of amides is 1. The summed E-state index contributed by atoms with van der Waals surface area (Å²) in [5, 5.41) is 15.3. The molecule has 1 aromatic rings. The zero-order chi connectivity index (χ0) is 13.5. The molecule has 0 aliphatic rings. The van der Waals surface area contributed by atoms with Gasteiger partial charge in [0.05, 0.1) is 0 Å². The Labute approximate surface area is 115 Å². The molecule has 0 aromatic carbocycles. The maximum absolute atomic E-state index is 11.5. The molecule has 0 aliphatic carbocycles. The van der Waals surface area contributed by atoms with Gasteiger partial charge in [-0.1, -0.05) is 29.9 Å². The topological polar surface area (TPSA) is 77.8 Å². The van der Waals surface area contributed by atoms with Gasteiger partial charge in [0.1, 0.15) is 10.9 Å². The lowest BCUT2D eigenvalue weighted by Crippen LogP contribution is -2.32. The van der Waals surface area contributed by atoms with E-state index in [1.165, 1.54) is 11.3 Å². The van der Waals surface area contributed by atoms with Crippen LogP contribution in [0.25, 0.3) is 0 Å².